The Morgan fingerprint density at radius 2 is 2.11 bits per heavy atom. The summed E-state index contributed by atoms with van der Waals surface area (Å²) in [5.74, 6) is 0. The minimum Gasteiger partial charge on any atom is -0.386 e. The van der Waals surface area contributed by atoms with E-state index < -0.39 is 12.2 Å². The molecule has 0 saturated carbocycles. The molecule has 0 amide bonds. The number of rotatable bonds is 0. The smallest absolute Gasteiger partial charge is 0.108 e. The molecule has 0 saturated heterocycles. The molecule has 0 unspecified atom stereocenters. The van der Waals surface area contributed by atoms with Gasteiger partial charge in [0.25, 0.3) is 0 Å². The third-order valence-corrected chi connectivity index (χ3v) is 1.61. The minimum absolute atomic E-state index is 0.627. The highest BCUT2D eigenvalue weighted by Crippen LogP contribution is 2.22. The van der Waals surface area contributed by atoms with E-state index in [1.807, 2.05) is 6.92 Å². The van der Waals surface area contributed by atoms with Crippen LogP contribution in [0.25, 0.3) is 0 Å². The van der Waals surface area contributed by atoms with Gasteiger partial charge >= 0.3 is 0 Å². The SMILES string of the molecule is C=C1C(C)=C[C@@H](O)[C@@H]1O. The van der Waals surface area contributed by atoms with Crippen molar-refractivity contribution in [3.63, 3.8) is 0 Å². The molecule has 9 heavy (non-hydrogen) atoms. The Kier molecular flexibility index (Phi) is 1.43. The predicted molar refractivity (Wildman–Crippen MR) is 34.9 cm³/mol. The van der Waals surface area contributed by atoms with Gasteiger partial charge in [0, 0.05) is 0 Å². The first-order valence-corrected chi connectivity index (χ1v) is 2.86. The summed E-state index contributed by atoms with van der Waals surface area (Å²) in [5, 5.41) is 18.0. The van der Waals surface area contributed by atoms with Gasteiger partial charge < -0.3 is 10.2 Å². The summed E-state index contributed by atoms with van der Waals surface area (Å²) >= 11 is 0. The van der Waals surface area contributed by atoms with Gasteiger partial charge in [0.2, 0.25) is 0 Å². The van der Waals surface area contributed by atoms with E-state index in [1.54, 1.807) is 6.08 Å². The van der Waals surface area contributed by atoms with Crippen LogP contribution >= 0.6 is 0 Å². The first-order chi connectivity index (χ1) is 4.13. The van der Waals surface area contributed by atoms with Gasteiger partial charge in [-0.25, -0.2) is 0 Å². The van der Waals surface area contributed by atoms with Gasteiger partial charge in [-0.15, -0.1) is 0 Å². The zero-order valence-corrected chi connectivity index (χ0v) is 5.33. The summed E-state index contributed by atoms with van der Waals surface area (Å²) in [6, 6.07) is 0. The van der Waals surface area contributed by atoms with E-state index in [4.69, 9.17) is 10.2 Å². The molecule has 0 heterocycles. The molecule has 50 valence electrons. The number of aliphatic hydroxyl groups is 2. The molecule has 1 rings (SSSR count). The van der Waals surface area contributed by atoms with Crippen molar-refractivity contribution in [1.29, 1.82) is 0 Å². The van der Waals surface area contributed by atoms with Crippen LogP contribution in [0.2, 0.25) is 0 Å². The van der Waals surface area contributed by atoms with Crippen molar-refractivity contribution in [3.05, 3.63) is 23.8 Å². The van der Waals surface area contributed by atoms with Crippen LogP contribution in [-0.2, 0) is 0 Å². The molecule has 0 radical (unpaired) electrons. The summed E-state index contributed by atoms with van der Waals surface area (Å²) < 4.78 is 0. The third-order valence-electron chi connectivity index (χ3n) is 1.61. The zero-order valence-electron chi connectivity index (χ0n) is 5.33. The van der Waals surface area contributed by atoms with Crippen LogP contribution in [0.4, 0.5) is 0 Å². The van der Waals surface area contributed by atoms with E-state index >= 15 is 0 Å². The second-order valence-electron chi connectivity index (χ2n) is 2.31. The lowest BCUT2D eigenvalue weighted by molar-refractivity contribution is 0.0828. The van der Waals surface area contributed by atoms with E-state index in [0.29, 0.717) is 5.57 Å². The summed E-state index contributed by atoms with van der Waals surface area (Å²) in [5.41, 5.74) is 1.51. The molecular formula is C7H10O2. The third kappa shape index (κ3) is 0.910. The molecule has 0 aromatic carbocycles. The largest absolute Gasteiger partial charge is 0.386 e. The van der Waals surface area contributed by atoms with Gasteiger partial charge in [0.1, 0.15) is 12.2 Å². The monoisotopic (exact) mass is 126 g/mol. The van der Waals surface area contributed by atoms with Crippen LogP contribution in [-0.4, -0.2) is 22.4 Å². The van der Waals surface area contributed by atoms with E-state index in [1.165, 1.54) is 0 Å². The number of aliphatic hydroxyl groups excluding tert-OH is 2. The van der Waals surface area contributed by atoms with Gasteiger partial charge in [0.05, 0.1) is 0 Å². The Bertz CT molecular complexity index is 170. The predicted octanol–water partition coefficient (Wildman–Crippen LogP) is 0.224. The molecule has 0 spiro atoms. The lowest BCUT2D eigenvalue weighted by atomic mass is 10.1. The highest BCUT2D eigenvalue weighted by molar-refractivity contribution is 5.38. The van der Waals surface area contributed by atoms with Crippen molar-refractivity contribution in [3.8, 4) is 0 Å². The zero-order chi connectivity index (χ0) is 7.02. The second kappa shape index (κ2) is 1.97. The van der Waals surface area contributed by atoms with Crippen molar-refractivity contribution in [2.75, 3.05) is 0 Å². The Morgan fingerprint density at radius 3 is 2.22 bits per heavy atom. The molecule has 2 atom stereocenters. The van der Waals surface area contributed by atoms with Gasteiger partial charge in [-0.3, -0.25) is 0 Å². The molecule has 1 aliphatic rings. The first-order valence-electron chi connectivity index (χ1n) is 2.86. The second-order valence-corrected chi connectivity index (χ2v) is 2.31. The summed E-state index contributed by atoms with van der Waals surface area (Å²) in [7, 11) is 0. The number of hydrogen-bond acceptors (Lipinski definition) is 2. The summed E-state index contributed by atoms with van der Waals surface area (Å²) in [6.07, 6.45) is 0.0926. The number of hydrogen-bond donors (Lipinski definition) is 2. The molecule has 2 nitrogen and oxygen atoms in total. The Balaban J connectivity index is 2.82. The molecule has 1 aliphatic carbocycles. The summed E-state index contributed by atoms with van der Waals surface area (Å²) in [4.78, 5) is 0. The van der Waals surface area contributed by atoms with Crippen LogP contribution in [0.5, 0.6) is 0 Å². The van der Waals surface area contributed by atoms with Crippen molar-refractivity contribution >= 4 is 0 Å². The maximum absolute atomic E-state index is 9.04. The standard InChI is InChI=1S/C7H10O2/c1-4-3-6(8)7(9)5(4)2/h3,6-9H,2H2,1H3/t6-,7-/m1/s1. The Hall–Kier alpha value is -0.600. The van der Waals surface area contributed by atoms with Crippen LogP contribution < -0.4 is 0 Å². The van der Waals surface area contributed by atoms with Crippen LogP contribution in [0.1, 0.15) is 6.92 Å². The molecule has 0 aliphatic heterocycles. The Morgan fingerprint density at radius 1 is 1.56 bits per heavy atom. The lowest BCUT2D eigenvalue weighted by Gasteiger charge is -2.06. The average Bonchev–Trinajstić information content (AvgIpc) is 1.98. The topological polar surface area (TPSA) is 40.5 Å². The van der Waals surface area contributed by atoms with E-state index in [0.717, 1.165) is 5.57 Å². The maximum Gasteiger partial charge on any atom is 0.108 e. The van der Waals surface area contributed by atoms with Crippen LogP contribution in [0.15, 0.2) is 23.8 Å². The molecule has 0 aromatic rings. The highest BCUT2D eigenvalue weighted by atomic mass is 16.3. The maximum atomic E-state index is 9.04. The van der Waals surface area contributed by atoms with Crippen molar-refractivity contribution in [2.45, 2.75) is 19.1 Å². The van der Waals surface area contributed by atoms with Crippen LogP contribution in [0.3, 0.4) is 0 Å². The molecule has 0 fully saturated rings. The van der Waals surface area contributed by atoms with Crippen molar-refractivity contribution in [2.24, 2.45) is 0 Å². The summed E-state index contributed by atoms with van der Waals surface area (Å²) in [6.45, 7) is 5.41. The van der Waals surface area contributed by atoms with Crippen molar-refractivity contribution < 1.29 is 10.2 Å². The lowest BCUT2D eigenvalue weighted by Crippen LogP contribution is -2.19. The van der Waals surface area contributed by atoms with Gasteiger partial charge in [-0.05, 0) is 24.1 Å². The molecular weight excluding hydrogens is 116 g/mol. The van der Waals surface area contributed by atoms with Gasteiger partial charge in [0.15, 0.2) is 0 Å². The van der Waals surface area contributed by atoms with E-state index in [-0.39, 0.29) is 0 Å². The fourth-order valence-corrected chi connectivity index (χ4v) is 0.894. The fourth-order valence-electron chi connectivity index (χ4n) is 0.894. The molecule has 0 bridgehead atoms. The quantitative estimate of drug-likeness (QED) is 0.487. The molecule has 0 aromatic heterocycles. The van der Waals surface area contributed by atoms with Gasteiger partial charge in [-0.1, -0.05) is 6.58 Å². The molecule has 2 N–H and O–H groups in total. The van der Waals surface area contributed by atoms with Gasteiger partial charge in [-0.2, -0.15) is 0 Å². The Labute approximate surface area is 54.1 Å². The van der Waals surface area contributed by atoms with Crippen molar-refractivity contribution in [1.82, 2.24) is 0 Å². The van der Waals surface area contributed by atoms with E-state index in [9.17, 15) is 0 Å². The van der Waals surface area contributed by atoms with E-state index in [2.05, 4.69) is 6.58 Å². The minimum atomic E-state index is -0.773. The molecule has 2 heteroatoms. The normalized spacial score (nSPS) is 35.0. The fraction of sp³-hybridized carbons (Fsp3) is 0.429. The van der Waals surface area contributed by atoms with Crippen LogP contribution in [0, 0.1) is 0 Å². The average molecular weight is 126 g/mol. The highest BCUT2D eigenvalue weighted by Gasteiger charge is 2.24. The first kappa shape index (κ1) is 6.52.